The first-order valence-electron chi connectivity index (χ1n) is 3.70. The van der Waals surface area contributed by atoms with Gasteiger partial charge in [-0.3, -0.25) is 4.79 Å². The van der Waals surface area contributed by atoms with E-state index < -0.39 is 5.97 Å². The fourth-order valence-corrected chi connectivity index (χ4v) is 1.28. The smallest absolute Gasteiger partial charge is 0.307 e. The molecule has 0 saturated heterocycles. The molecular formula is C9H9ClO3. The zero-order chi connectivity index (χ0) is 10.0. The summed E-state index contributed by atoms with van der Waals surface area (Å²) < 4.78 is 0. The lowest BCUT2D eigenvalue weighted by molar-refractivity contribution is -0.136. The molecule has 4 heteroatoms. The van der Waals surface area contributed by atoms with Crippen LogP contribution in [0.3, 0.4) is 0 Å². The summed E-state index contributed by atoms with van der Waals surface area (Å²) in [6.45, 7) is 1.75. The average Bonchev–Trinajstić information content (AvgIpc) is 1.99. The van der Waals surface area contributed by atoms with E-state index in [1.54, 1.807) is 13.0 Å². The highest BCUT2D eigenvalue weighted by Crippen LogP contribution is 2.26. The Labute approximate surface area is 80.6 Å². The number of rotatable bonds is 2. The second-order valence-electron chi connectivity index (χ2n) is 2.80. The summed E-state index contributed by atoms with van der Waals surface area (Å²) in [6.07, 6.45) is -0.101. The molecule has 0 atom stereocenters. The minimum Gasteiger partial charge on any atom is -0.506 e. The first-order chi connectivity index (χ1) is 6.00. The number of aromatic hydroxyl groups is 1. The number of carboxylic acid groups (broad SMARTS) is 1. The van der Waals surface area contributed by atoms with E-state index in [0.29, 0.717) is 5.56 Å². The Hall–Kier alpha value is -1.22. The van der Waals surface area contributed by atoms with Crippen LogP contribution in [0.4, 0.5) is 0 Å². The fourth-order valence-electron chi connectivity index (χ4n) is 1.06. The van der Waals surface area contributed by atoms with Gasteiger partial charge < -0.3 is 10.2 Å². The molecule has 1 rings (SSSR count). The van der Waals surface area contributed by atoms with Gasteiger partial charge in [0.15, 0.2) is 0 Å². The molecular weight excluding hydrogens is 192 g/mol. The van der Waals surface area contributed by atoms with Gasteiger partial charge in [0.25, 0.3) is 0 Å². The van der Waals surface area contributed by atoms with E-state index in [1.165, 1.54) is 6.07 Å². The van der Waals surface area contributed by atoms with Crippen LogP contribution in [0.25, 0.3) is 0 Å². The van der Waals surface area contributed by atoms with Crippen LogP contribution in [-0.4, -0.2) is 16.2 Å². The monoisotopic (exact) mass is 200 g/mol. The molecule has 0 radical (unpaired) electrons. The van der Waals surface area contributed by atoms with Crippen LogP contribution in [0.1, 0.15) is 11.1 Å². The molecule has 0 amide bonds. The van der Waals surface area contributed by atoms with Crippen molar-refractivity contribution < 1.29 is 15.0 Å². The van der Waals surface area contributed by atoms with Gasteiger partial charge in [-0.25, -0.2) is 0 Å². The Morgan fingerprint density at radius 3 is 2.69 bits per heavy atom. The van der Waals surface area contributed by atoms with E-state index in [2.05, 4.69) is 0 Å². The summed E-state index contributed by atoms with van der Waals surface area (Å²) in [4.78, 5) is 10.4. The molecule has 13 heavy (non-hydrogen) atoms. The minimum atomic E-state index is -0.926. The third-order valence-corrected chi connectivity index (χ3v) is 2.05. The van der Waals surface area contributed by atoms with Gasteiger partial charge in [-0.05, 0) is 30.2 Å². The van der Waals surface area contributed by atoms with Crippen LogP contribution in [0.15, 0.2) is 12.1 Å². The number of aliphatic carboxylic acids is 1. The molecule has 0 heterocycles. The number of hydrogen-bond acceptors (Lipinski definition) is 2. The molecule has 3 nitrogen and oxygen atoms in total. The summed E-state index contributed by atoms with van der Waals surface area (Å²) in [7, 11) is 0. The molecule has 0 aliphatic rings. The molecule has 70 valence electrons. The number of hydrogen-bond donors (Lipinski definition) is 2. The number of phenols is 1. The van der Waals surface area contributed by atoms with E-state index in [4.69, 9.17) is 16.7 Å². The molecule has 0 aliphatic heterocycles. The van der Waals surface area contributed by atoms with Crippen molar-refractivity contribution in [3.63, 3.8) is 0 Å². The maximum absolute atomic E-state index is 10.4. The normalized spacial score (nSPS) is 10.0. The van der Waals surface area contributed by atoms with Crippen LogP contribution in [0.2, 0.25) is 5.02 Å². The number of aryl methyl sites for hydroxylation is 1. The number of phenolic OH excluding ortho intramolecular Hbond substituents is 1. The highest BCUT2D eigenvalue weighted by Gasteiger charge is 2.07. The van der Waals surface area contributed by atoms with Crippen LogP contribution in [-0.2, 0) is 11.2 Å². The standard InChI is InChI=1S/C9H9ClO3/c1-5-2-7(10)8(11)3-6(5)4-9(12)13/h2-3,11H,4H2,1H3,(H,12,13). The SMILES string of the molecule is Cc1cc(Cl)c(O)cc1CC(=O)O. The highest BCUT2D eigenvalue weighted by atomic mass is 35.5. The van der Waals surface area contributed by atoms with Gasteiger partial charge >= 0.3 is 5.97 Å². The Morgan fingerprint density at radius 2 is 2.15 bits per heavy atom. The summed E-state index contributed by atoms with van der Waals surface area (Å²) >= 11 is 5.63. The first-order valence-corrected chi connectivity index (χ1v) is 4.08. The Balaban J connectivity index is 3.08. The quantitative estimate of drug-likeness (QED) is 0.768. The second kappa shape index (κ2) is 3.66. The van der Waals surface area contributed by atoms with Crippen molar-refractivity contribution in [3.8, 4) is 5.75 Å². The van der Waals surface area contributed by atoms with Crippen LogP contribution in [0, 0.1) is 6.92 Å². The van der Waals surface area contributed by atoms with E-state index in [1.807, 2.05) is 0 Å². The van der Waals surface area contributed by atoms with E-state index in [-0.39, 0.29) is 17.2 Å². The molecule has 0 saturated carbocycles. The predicted octanol–water partition coefficient (Wildman–Crippen LogP) is 1.98. The van der Waals surface area contributed by atoms with Crippen molar-refractivity contribution in [1.82, 2.24) is 0 Å². The summed E-state index contributed by atoms with van der Waals surface area (Å²) in [5.74, 6) is -1.01. The van der Waals surface area contributed by atoms with Gasteiger partial charge in [0, 0.05) is 0 Å². The largest absolute Gasteiger partial charge is 0.506 e. The Bertz CT molecular complexity index is 347. The molecule has 0 unspecified atom stereocenters. The lowest BCUT2D eigenvalue weighted by Gasteiger charge is -2.04. The number of carbonyl (C=O) groups is 1. The van der Waals surface area contributed by atoms with E-state index >= 15 is 0 Å². The highest BCUT2D eigenvalue weighted by molar-refractivity contribution is 6.32. The predicted molar refractivity (Wildman–Crippen MR) is 49.2 cm³/mol. The number of benzene rings is 1. The van der Waals surface area contributed by atoms with Gasteiger partial charge in [-0.1, -0.05) is 11.6 Å². The number of carboxylic acids is 1. The zero-order valence-corrected chi connectivity index (χ0v) is 7.80. The van der Waals surface area contributed by atoms with Crippen molar-refractivity contribution in [2.75, 3.05) is 0 Å². The maximum Gasteiger partial charge on any atom is 0.307 e. The molecule has 0 aliphatic carbocycles. The molecule has 0 fully saturated rings. The van der Waals surface area contributed by atoms with E-state index in [0.717, 1.165) is 5.56 Å². The van der Waals surface area contributed by atoms with Crippen molar-refractivity contribution in [2.24, 2.45) is 0 Å². The fraction of sp³-hybridized carbons (Fsp3) is 0.222. The Morgan fingerprint density at radius 1 is 1.54 bits per heavy atom. The number of halogens is 1. The second-order valence-corrected chi connectivity index (χ2v) is 3.21. The first kappa shape index (κ1) is 9.86. The van der Waals surface area contributed by atoms with Gasteiger partial charge in [-0.15, -0.1) is 0 Å². The van der Waals surface area contributed by atoms with Crippen LogP contribution < -0.4 is 0 Å². The molecule has 0 bridgehead atoms. The maximum atomic E-state index is 10.4. The van der Waals surface area contributed by atoms with E-state index in [9.17, 15) is 9.90 Å². The lowest BCUT2D eigenvalue weighted by atomic mass is 10.1. The Kier molecular flexibility index (Phi) is 2.78. The van der Waals surface area contributed by atoms with Crippen molar-refractivity contribution in [2.45, 2.75) is 13.3 Å². The van der Waals surface area contributed by atoms with Crippen LogP contribution >= 0.6 is 11.6 Å². The van der Waals surface area contributed by atoms with Crippen LogP contribution in [0.5, 0.6) is 5.75 Å². The zero-order valence-electron chi connectivity index (χ0n) is 7.04. The van der Waals surface area contributed by atoms with Gasteiger partial charge in [0.1, 0.15) is 5.75 Å². The molecule has 1 aromatic carbocycles. The third-order valence-electron chi connectivity index (χ3n) is 1.75. The van der Waals surface area contributed by atoms with Crippen molar-refractivity contribution >= 4 is 17.6 Å². The van der Waals surface area contributed by atoms with Gasteiger partial charge in [0.2, 0.25) is 0 Å². The minimum absolute atomic E-state index is 0.0801. The topological polar surface area (TPSA) is 57.5 Å². The van der Waals surface area contributed by atoms with Crippen molar-refractivity contribution in [1.29, 1.82) is 0 Å². The summed E-state index contributed by atoms with van der Waals surface area (Å²) in [5, 5.41) is 18.0. The summed E-state index contributed by atoms with van der Waals surface area (Å²) in [6, 6.07) is 2.93. The molecule has 1 aromatic rings. The third kappa shape index (κ3) is 2.36. The molecule has 0 spiro atoms. The molecule has 2 N–H and O–H groups in total. The van der Waals surface area contributed by atoms with Crippen molar-refractivity contribution in [3.05, 3.63) is 28.3 Å². The lowest BCUT2D eigenvalue weighted by Crippen LogP contribution is -2.01. The average molecular weight is 201 g/mol. The molecule has 0 aromatic heterocycles. The van der Waals surface area contributed by atoms with Gasteiger partial charge in [0.05, 0.1) is 11.4 Å². The van der Waals surface area contributed by atoms with Gasteiger partial charge in [-0.2, -0.15) is 0 Å². The summed E-state index contributed by atoms with van der Waals surface area (Å²) in [5.41, 5.74) is 1.35.